The summed E-state index contributed by atoms with van der Waals surface area (Å²) in [5, 5.41) is 8.63. The predicted octanol–water partition coefficient (Wildman–Crippen LogP) is 2.86. The molecule has 7 heteroatoms. The topological polar surface area (TPSA) is 46.5 Å². The lowest BCUT2D eigenvalue weighted by Crippen LogP contribution is -2.00. The molecular formula is C8H7F3O3S. The fourth-order valence-corrected chi connectivity index (χ4v) is 1.73. The van der Waals surface area contributed by atoms with Gasteiger partial charge >= 0.3 is 12.1 Å². The molecule has 0 amide bonds. The van der Waals surface area contributed by atoms with Crippen molar-refractivity contribution in [2.75, 3.05) is 6.61 Å². The summed E-state index contributed by atoms with van der Waals surface area (Å²) in [4.78, 5) is 9.20. The van der Waals surface area contributed by atoms with E-state index in [2.05, 4.69) is 0 Å². The van der Waals surface area contributed by atoms with E-state index in [-0.39, 0.29) is 23.7 Å². The van der Waals surface area contributed by atoms with E-state index in [0.29, 0.717) is 6.07 Å². The quantitative estimate of drug-likeness (QED) is 0.883. The number of alkyl halides is 3. The fourth-order valence-electron chi connectivity index (χ4n) is 0.926. The van der Waals surface area contributed by atoms with Gasteiger partial charge in [0.15, 0.2) is 4.88 Å². The number of halogens is 3. The maximum absolute atomic E-state index is 12.2. The van der Waals surface area contributed by atoms with Gasteiger partial charge < -0.3 is 9.84 Å². The second-order valence-corrected chi connectivity index (χ2v) is 3.59. The largest absolute Gasteiger partial charge is 0.492 e. The van der Waals surface area contributed by atoms with Crippen molar-refractivity contribution in [1.29, 1.82) is 0 Å². The number of rotatable bonds is 3. The Balaban J connectivity index is 3.15. The Morgan fingerprint density at radius 3 is 2.60 bits per heavy atom. The van der Waals surface area contributed by atoms with Gasteiger partial charge in [-0.15, -0.1) is 11.3 Å². The maximum atomic E-state index is 12.2. The first-order valence-electron chi connectivity index (χ1n) is 3.93. The molecule has 0 spiro atoms. The van der Waals surface area contributed by atoms with Crippen LogP contribution in [-0.4, -0.2) is 17.7 Å². The van der Waals surface area contributed by atoms with Crippen LogP contribution >= 0.6 is 11.3 Å². The van der Waals surface area contributed by atoms with Crippen LogP contribution in [0.25, 0.3) is 0 Å². The number of carboxylic acid groups (broad SMARTS) is 1. The van der Waals surface area contributed by atoms with Crippen molar-refractivity contribution in [1.82, 2.24) is 0 Å². The minimum atomic E-state index is -4.54. The zero-order valence-electron chi connectivity index (χ0n) is 7.59. The van der Waals surface area contributed by atoms with Crippen molar-refractivity contribution >= 4 is 17.3 Å². The van der Waals surface area contributed by atoms with E-state index in [1.807, 2.05) is 0 Å². The zero-order valence-corrected chi connectivity index (χ0v) is 8.41. The molecule has 1 N–H and O–H groups in total. The number of hydrogen-bond donors (Lipinski definition) is 1. The molecule has 0 aliphatic heterocycles. The molecule has 0 atom stereocenters. The molecule has 1 heterocycles. The van der Waals surface area contributed by atoms with Crippen molar-refractivity contribution < 1.29 is 27.8 Å². The molecule has 0 unspecified atom stereocenters. The fraction of sp³-hybridized carbons (Fsp3) is 0.375. The molecule has 0 bridgehead atoms. The van der Waals surface area contributed by atoms with Crippen molar-refractivity contribution in [2.45, 2.75) is 13.1 Å². The van der Waals surface area contributed by atoms with Crippen LogP contribution in [0.1, 0.15) is 21.5 Å². The van der Waals surface area contributed by atoms with Crippen molar-refractivity contribution in [3.05, 3.63) is 15.8 Å². The molecule has 0 radical (unpaired) electrons. The van der Waals surface area contributed by atoms with Crippen LogP contribution in [0.3, 0.4) is 0 Å². The highest BCUT2D eigenvalue weighted by Gasteiger charge is 2.35. The van der Waals surface area contributed by atoms with Crippen LogP contribution in [0.4, 0.5) is 13.2 Å². The average Bonchev–Trinajstić information content (AvgIpc) is 2.48. The zero-order chi connectivity index (χ0) is 11.6. The molecule has 0 aromatic carbocycles. The summed E-state index contributed by atoms with van der Waals surface area (Å²) in [6, 6.07) is 0.706. The number of hydrogen-bond acceptors (Lipinski definition) is 3. The van der Waals surface area contributed by atoms with Gasteiger partial charge in [0.1, 0.15) is 10.6 Å². The normalized spacial score (nSPS) is 11.5. The van der Waals surface area contributed by atoms with Crippen LogP contribution in [0.2, 0.25) is 0 Å². The Morgan fingerprint density at radius 1 is 1.60 bits per heavy atom. The third-order valence-corrected chi connectivity index (χ3v) is 2.62. The van der Waals surface area contributed by atoms with Gasteiger partial charge in [0, 0.05) is 6.07 Å². The van der Waals surface area contributed by atoms with E-state index in [1.165, 1.54) is 0 Å². The second-order valence-electron chi connectivity index (χ2n) is 2.54. The number of carboxylic acids is 1. The Morgan fingerprint density at radius 2 is 2.20 bits per heavy atom. The molecule has 0 fully saturated rings. The lowest BCUT2D eigenvalue weighted by molar-refractivity contribution is -0.134. The maximum Gasteiger partial charge on any atom is 0.425 e. The lowest BCUT2D eigenvalue weighted by atomic mass is 10.4. The van der Waals surface area contributed by atoms with E-state index in [1.54, 1.807) is 6.92 Å². The summed E-state index contributed by atoms with van der Waals surface area (Å²) in [5.74, 6) is -1.65. The van der Waals surface area contributed by atoms with E-state index >= 15 is 0 Å². The van der Waals surface area contributed by atoms with Crippen LogP contribution in [0.5, 0.6) is 5.75 Å². The van der Waals surface area contributed by atoms with Crippen molar-refractivity contribution in [3.8, 4) is 5.75 Å². The first-order chi connectivity index (χ1) is 6.86. The van der Waals surface area contributed by atoms with Gasteiger partial charge in [-0.2, -0.15) is 13.2 Å². The Kier molecular flexibility index (Phi) is 3.23. The highest BCUT2D eigenvalue weighted by Crippen LogP contribution is 2.39. The highest BCUT2D eigenvalue weighted by atomic mass is 32.1. The molecule has 1 aromatic heterocycles. The van der Waals surface area contributed by atoms with Gasteiger partial charge in [-0.1, -0.05) is 0 Å². The molecule has 0 aliphatic carbocycles. The third-order valence-electron chi connectivity index (χ3n) is 1.47. The van der Waals surface area contributed by atoms with Gasteiger partial charge in [0.05, 0.1) is 6.61 Å². The van der Waals surface area contributed by atoms with Crippen molar-refractivity contribution in [2.24, 2.45) is 0 Å². The average molecular weight is 240 g/mol. The Labute approximate surface area is 87.1 Å². The van der Waals surface area contributed by atoms with E-state index in [4.69, 9.17) is 9.84 Å². The van der Waals surface area contributed by atoms with Crippen molar-refractivity contribution in [3.63, 3.8) is 0 Å². The molecular weight excluding hydrogens is 233 g/mol. The van der Waals surface area contributed by atoms with Crippen LogP contribution in [0.15, 0.2) is 6.07 Å². The van der Waals surface area contributed by atoms with Crippen LogP contribution in [0, 0.1) is 0 Å². The van der Waals surface area contributed by atoms with E-state index in [9.17, 15) is 18.0 Å². The second kappa shape index (κ2) is 4.09. The highest BCUT2D eigenvalue weighted by molar-refractivity contribution is 7.14. The molecule has 3 nitrogen and oxygen atoms in total. The van der Waals surface area contributed by atoms with Crippen LogP contribution in [-0.2, 0) is 6.18 Å². The number of carbonyl (C=O) groups is 1. The monoisotopic (exact) mass is 240 g/mol. The third kappa shape index (κ3) is 2.62. The summed E-state index contributed by atoms with van der Waals surface area (Å²) >= 11 is 0.165. The van der Waals surface area contributed by atoms with Gasteiger partial charge in [-0.05, 0) is 6.92 Å². The summed E-state index contributed by atoms with van der Waals surface area (Å²) in [6.45, 7) is 1.69. The minimum absolute atomic E-state index is 0.119. The molecule has 0 saturated heterocycles. The van der Waals surface area contributed by atoms with Gasteiger partial charge in [0.25, 0.3) is 0 Å². The molecule has 1 rings (SSSR count). The van der Waals surface area contributed by atoms with Gasteiger partial charge in [0.2, 0.25) is 0 Å². The number of ether oxygens (including phenoxy) is 1. The van der Waals surface area contributed by atoms with E-state index < -0.39 is 21.9 Å². The first-order valence-corrected chi connectivity index (χ1v) is 4.75. The standard InChI is InChI=1S/C8H7F3O3S/c1-2-14-4-3-5(8(9,10)11)15-6(4)7(12)13/h3H,2H2,1H3,(H,12,13). The summed E-state index contributed by atoms with van der Waals surface area (Å²) in [5.41, 5.74) is 0. The SMILES string of the molecule is CCOc1cc(C(F)(F)F)sc1C(=O)O. The van der Waals surface area contributed by atoms with Crippen LogP contribution < -0.4 is 4.74 Å². The summed E-state index contributed by atoms with van der Waals surface area (Å²) in [7, 11) is 0. The summed E-state index contributed by atoms with van der Waals surface area (Å²) in [6.07, 6.45) is -4.54. The smallest absolute Gasteiger partial charge is 0.425 e. The predicted molar refractivity (Wildman–Crippen MR) is 47.4 cm³/mol. The Hall–Kier alpha value is -1.24. The van der Waals surface area contributed by atoms with E-state index in [0.717, 1.165) is 0 Å². The summed E-state index contributed by atoms with van der Waals surface area (Å²) < 4.78 is 41.5. The van der Waals surface area contributed by atoms with Gasteiger partial charge in [-0.3, -0.25) is 0 Å². The molecule has 15 heavy (non-hydrogen) atoms. The molecule has 0 saturated carbocycles. The number of thiophene rings is 1. The Bertz CT molecular complexity index is 370. The minimum Gasteiger partial charge on any atom is -0.492 e. The molecule has 0 aliphatic rings. The first kappa shape index (κ1) is 11.8. The lowest BCUT2D eigenvalue weighted by Gasteiger charge is -2.00. The molecule has 84 valence electrons. The number of aromatic carboxylic acids is 1. The van der Waals surface area contributed by atoms with Gasteiger partial charge in [-0.25, -0.2) is 4.79 Å². The molecule has 1 aromatic rings.